The summed E-state index contributed by atoms with van der Waals surface area (Å²) in [6.07, 6.45) is 0. The van der Waals surface area contributed by atoms with Crippen LogP contribution in [-0.2, 0) is 19.5 Å². The Hall–Kier alpha value is -1.46. The molecule has 0 unspecified atom stereocenters. The fourth-order valence-electron chi connectivity index (χ4n) is 1.83. The lowest BCUT2D eigenvalue weighted by molar-refractivity contribution is 0.150. The van der Waals surface area contributed by atoms with Crippen molar-refractivity contribution in [1.82, 2.24) is 4.31 Å². The van der Waals surface area contributed by atoms with Crippen LogP contribution in [0.25, 0.3) is 0 Å². The summed E-state index contributed by atoms with van der Waals surface area (Å²) < 4.78 is 36.7. The lowest BCUT2D eigenvalue weighted by atomic mass is 10.2. The number of aryl methyl sites for hydroxylation is 1. The van der Waals surface area contributed by atoms with E-state index in [1.54, 1.807) is 19.1 Å². The summed E-state index contributed by atoms with van der Waals surface area (Å²) in [7, 11) is -0.654. The number of nitriles is 1. The van der Waals surface area contributed by atoms with Crippen molar-refractivity contribution in [3.63, 3.8) is 0 Å². The molecule has 0 fully saturated rings. The van der Waals surface area contributed by atoms with Crippen molar-refractivity contribution in [2.75, 3.05) is 40.5 Å². The van der Waals surface area contributed by atoms with Crippen molar-refractivity contribution >= 4 is 10.0 Å². The third kappa shape index (κ3) is 4.51. The molecule has 0 bridgehead atoms. The van der Waals surface area contributed by atoms with Crippen molar-refractivity contribution in [3.05, 3.63) is 29.3 Å². The second-order valence-corrected chi connectivity index (χ2v) is 6.39. The van der Waals surface area contributed by atoms with Gasteiger partial charge in [0.1, 0.15) is 0 Å². The van der Waals surface area contributed by atoms with E-state index >= 15 is 0 Å². The molecule has 116 valence electrons. The van der Waals surface area contributed by atoms with Gasteiger partial charge in [0.15, 0.2) is 0 Å². The fourth-order valence-corrected chi connectivity index (χ4v) is 3.48. The monoisotopic (exact) mass is 312 g/mol. The summed E-state index contributed by atoms with van der Waals surface area (Å²) in [6.45, 7) is 2.76. The molecule has 7 heteroatoms. The first-order chi connectivity index (χ1) is 9.97. The molecule has 0 saturated carbocycles. The number of hydrogen-bond acceptors (Lipinski definition) is 5. The maximum absolute atomic E-state index is 12.7. The second-order valence-electron chi connectivity index (χ2n) is 4.48. The molecule has 6 nitrogen and oxygen atoms in total. The van der Waals surface area contributed by atoms with Gasteiger partial charge in [-0.25, -0.2) is 8.42 Å². The highest BCUT2D eigenvalue weighted by atomic mass is 32.2. The second kappa shape index (κ2) is 8.10. The van der Waals surface area contributed by atoms with E-state index in [0.717, 1.165) is 0 Å². The summed E-state index contributed by atoms with van der Waals surface area (Å²) in [6, 6.07) is 6.60. The van der Waals surface area contributed by atoms with E-state index in [4.69, 9.17) is 14.7 Å². The average Bonchev–Trinajstić information content (AvgIpc) is 2.47. The van der Waals surface area contributed by atoms with Gasteiger partial charge >= 0.3 is 0 Å². The maximum atomic E-state index is 12.7. The minimum atomic E-state index is -3.69. The third-order valence-corrected chi connectivity index (χ3v) is 5.07. The summed E-state index contributed by atoms with van der Waals surface area (Å²) >= 11 is 0. The predicted molar refractivity (Wildman–Crippen MR) is 78.4 cm³/mol. The SMILES string of the molecule is COCCN(CCOC)S(=O)(=O)c1cc(C#N)ccc1C. The zero-order valence-corrected chi connectivity index (χ0v) is 13.3. The Morgan fingerprint density at radius 1 is 1.19 bits per heavy atom. The molecule has 0 aliphatic rings. The Morgan fingerprint density at radius 3 is 2.24 bits per heavy atom. The van der Waals surface area contributed by atoms with Gasteiger partial charge in [-0.15, -0.1) is 0 Å². The van der Waals surface area contributed by atoms with Crippen LogP contribution in [0.2, 0.25) is 0 Å². The Labute approximate surface area is 125 Å². The zero-order chi connectivity index (χ0) is 15.9. The number of ether oxygens (including phenoxy) is 2. The number of rotatable bonds is 8. The molecule has 21 heavy (non-hydrogen) atoms. The zero-order valence-electron chi connectivity index (χ0n) is 12.5. The summed E-state index contributed by atoms with van der Waals surface area (Å²) in [5.41, 5.74) is 0.923. The maximum Gasteiger partial charge on any atom is 0.243 e. The van der Waals surface area contributed by atoms with Gasteiger partial charge in [0.05, 0.1) is 29.7 Å². The molecular formula is C14H20N2O4S. The molecule has 0 N–H and O–H groups in total. The van der Waals surface area contributed by atoms with Crippen LogP contribution in [-0.4, -0.2) is 53.2 Å². The minimum Gasteiger partial charge on any atom is -0.383 e. The number of sulfonamides is 1. The van der Waals surface area contributed by atoms with Crippen LogP contribution in [0.15, 0.2) is 23.1 Å². The minimum absolute atomic E-state index is 0.147. The van der Waals surface area contributed by atoms with Gasteiger partial charge in [-0.2, -0.15) is 9.57 Å². The van der Waals surface area contributed by atoms with Crippen LogP contribution < -0.4 is 0 Å². The van der Waals surface area contributed by atoms with E-state index in [2.05, 4.69) is 0 Å². The van der Waals surface area contributed by atoms with Crippen LogP contribution in [0.1, 0.15) is 11.1 Å². The van der Waals surface area contributed by atoms with E-state index < -0.39 is 10.0 Å². The molecule has 0 amide bonds. The number of benzene rings is 1. The molecule has 0 heterocycles. The van der Waals surface area contributed by atoms with E-state index in [1.807, 2.05) is 6.07 Å². The van der Waals surface area contributed by atoms with E-state index in [9.17, 15) is 8.42 Å². The van der Waals surface area contributed by atoms with Crippen molar-refractivity contribution < 1.29 is 17.9 Å². The smallest absolute Gasteiger partial charge is 0.243 e. The van der Waals surface area contributed by atoms with Crippen LogP contribution in [0.4, 0.5) is 0 Å². The molecule has 0 atom stereocenters. The molecule has 1 aromatic carbocycles. The van der Waals surface area contributed by atoms with Gasteiger partial charge in [0.2, 0.25) is 10.0 Å². The molecular weight excluding hydrogens is 292 g/mol. The largest absolute Gasteiger partial charge is 0.383 e. The van der Waals surface area contributed by atoms with Crippen molar-refractivity contribution in [1.29, 1.82) is 5.26 Å². The predicted octanol–water partition coefficient (Wildman–Crippen LogP) is 1.15. The quantitative estimate of drug-likeness (QED) is 0.719. The molecule has 1 rings (SSSR count). The van der Waals surface area contributed by atoms with Gasteiger partial charge < -0.3 is 9.47 Å². The van der Waals surface area contributed by atoms with E-state index in [1.165, 1.54) is 24.6 Å². The highest BCUT2D eigenvalue weighted by Gasteiger charge is 2.26. The number of hydrogen-bond donors (Lipinski definition) is 0. The Kier molecular flexibility index (Phi) is 6.78. The molecule has 0 saturated heterocycles. The molecule has 0 aliphatic carbocycles. The molecule has 0 radical (unpaired) electrons. The van der Waals surface area contributed by atoms with Gasteiger partial charge in [-0.1, -0.05) is 6.07 Å². The van der Waals surface area contributed by atoms with Crippen LogP contribution >= 0.6 is 0 Å². The average molecular weight is 312 g/mol. The van der Waals surface area contributed by atoms with Crippen LogP contribution in [0.3, 0.4) is 0 Å². The molecule has 0 aromatic heterocycles. The Bertz CT molecular complexity index is 600. The van der Waals surface area contributed by atoms with Crippen molar-refractivity contribution in [2.45, 2.75) is 11.8 Å². The van der Waals surface area contributed by atoms with Crippen molar-refractivity contribution in [2.24, 2.45) is 0 Å². The lowest BCUT2D eigenvalue weighted by Gasteiger charge is -2.22. The summed E-state index contributed by atoms with van der Waals surface area (Å²) in [5.74, 6) is 0. The third-order valence-electron chi connectivity index (χ3n) is 3.02. The number of nitrogens with zero attached hydrogens (tertiary/aromatic N) is 2. The van der Waals surface area contributed by atoms with E-state index in [-0.39, 0.29) is 18.0 Å². The van der Waals surface area contributed by atoms with E-state index in [0.29, 0.717) is 24.3 Å². The standard InChI is InChI=1S/C14H20N2O4S/c1-12-4-5-13(11-15)10-14(12)21(17,18)16(6-8-19-2)7-9-20-3/h4-5,10H,6-9H2,1-3H3. The first kappa shape index (κ1) is 17.6. The van der Waals surface area contributed by atoms with Crippen LogP contribution in [0, 0.1) is 18.3 Å². The lowest BCUT2D eigenvalue weighted by Crippen LogP contribution is -2.36. The van der Waals surface area contributed by atoms with Crippen molar-refractivity contribution in [3.8, 4) is 6.07 Å². The van der Waals surface area contributed by atoms with Gasteiger partial charge in [0, 0.05) is 27.3 Å². The number of methoxy groups -OCH3 is 2. The van der Waals surface area contributed by atoms with Gasteiger partial charge in [0.25, 0.3) is 0 Å². The normalized spacial score (nSPS) is 11.6. The summed E-state index contributed by atoms with van der Waals surface area (Å²) in [4.78, 5) is 0.147. The first-order valence-corrected chi connectivity index (χ1v) is 7.90. The molecule has 0 aliphatic heterocycles. The highest BCUT2D eigenvalue weighted by molar-refractivity contribution is 7.89. The Morgan fingerprint density at radius 2 is 1.76 bits per heavy atom. The summed E-state index contributed by atoms with van der Waals surface area (Å²) in [5, 5.41) is 8.94. The van der Waals surface area contributed by atoms with Gasteiger partial charge in [-0.05, 0) is 24.6 Å². The first-order valence-electron chi connectivity index (χ1n) is 6.46. The van der Waals surface area contributed by atoms with Crippen LogP contribution in [0.5, 0.6) is 0 Å². The van der Waals surface area contributed by atoms with Gasteiger partial charge in [-0.3, -0.25) is 0 Å². The highest BCUT2D eigenvalue weighted by Crippen LogP contribution is 2.21. The molecule has 0 spiro atoms. The fraction of sp³-hybridized carbons (Fsp3) is 0.500. The molecule has 1 aromatic rings. The topological polar surface area (TPSA) is 79.6 Å². The Balaban J connectivity index is 3.18.